The first kappa shape index (κ1) is 16.5. The van der Waals surface area contributed by atoms with Gasteiger partial charge in [-0.3, -0.25) is 4.79 Å². The molecule has 130 valence electrons. The summed E-state index contributed by atoms with van der Waals surface area (Å²) >= 11 is 0. The summed E-state index contributed by atoms with van der Waals surface area (Å²) in [4.78, 5) is 14.1. The number of amides is 1. The quantitative estimate of drug-likeness (QED) is 0.836. The molecule has 24 heavy (non-hydrogen) atoms. The Bertz CT molecular complexity index is 743. The molecular weight excluding hydrogens is 327 g/mol. The molecule has 1 saturated heterocycles. The van der Waals surface area contributed by atoms with Gasteiger partial charge in [0, 0.05) is 19.0 Å². The van der Waals surface area contributed by atoms with E-state index in [2.05, 4.69) is 10.2 Å². The number of aryl methyl sites for hydroxylation is 2. The highest BCUT2D eigenvalue weighted by atomic mass is 19.4. The van der Waals surface area contributed by atoms with Crippen LogP contribution in [0.25, 0.3) is 0 Å². The van der Waals surface area contributed by atoms with Gasteiger partial charge in [-0.2, -0.15) is 13.2 Å². The Hall–Kier alpha value is -2.32. The van der Waals surface area contributed by atoms with Crippen molar-refractivity contribution in [2.24, 2.45) is 0 Å². The fourth-order valence-electron chi connectivity index (χ4n) is 2.86. The first-order valence-corrected chi connectivity index (χ1v) is 7.52. The van der Waals surface area contributed by atoms with Crippen LogP contribution >= 0.6 is 0 Å². The van der Waals surface area contributed by atoms with Crippen LogP contribution in [0.15, 0.2) is 14.9 Å². The molecule has 2 aromatic heterocycles. The second kappa shape index (κ2) is 5.95. The van der Waals surface area contributed by atoms with Crippen molar-refractivity contribution in [3.63, 3.8) is 0 Å². The summed E-state index contributed by atoms with van der Waals surface area (Å²) in [6.45, 7) is 4.32. The van der Waals surface area contributed by atoms with Gasteiger partial charge >= 0.3 is 12.1 Å². The molecule has 3 rings (SSSR count). The predicted octanol–water partition coefficient (Wildman–Crippen LogP) is 3.32. The van der Waals surface area contributed by atoms with Crippen LogP contribution in [0, 0.1) is 13.8 Å². The molecule has 0 aromatic carbocycles. The number of likely N-dealkylation sites (tertiary alicyclic amines) is 1. The normalized spacial score (nSPS) is 16.6. The molecule has 1 fully saturated rings. The van der Waals surface area contributed by atoms with Gasteiger partial charge in [0.1, 0.15) is 11.5 Å². The Morgan fingerprint density at radius 3 is 2.38 bits per heavy atom. The first-order chi connectivity index (χ1) is 11.3. The van der Waals surface area contributed by atoms with Crippen LogP contribution in [0.5, 0.6) is 0 Å². The molecular formula is C15H16F3N3O3. The highest BCUT2D eigenvalue weighted by Gasteiger charge is 2.39. The lowest BCUT2D eigenvalue weighted by molar-refractivity contribution is -0.157. The number of carbonyl (C=O) groups excluding carboxylic acids is 1. The van der Waals surface area contributed by atoms with Crippen molar-refractivity contribution >= 4 is 5.91 Å². The molecule has 0 N–H and O–H groups in total. The molecule has 3 heterocycles. The third-order valence-electron chi connectivity index (χ3n) is 4.09. The monoisotopic (exact) mass is 343 g/mol. The lowest BCUT2D eigenvalue weighted by Gasteiger charge is -2.30. The van der Waals surface area contributed by atoms with Gasteiger partial charge in [0.05, 0.1) is 5.56 Å². The van der Waals surface area contributed by atoms with Gasteiger partial charge in [-0.25, -0.2) is 0 Å². The van der Waals surface area contributed by atoms with E-state index >= 15 is 0 Å². The van der Waals surface area contributed by atoms with Crippen LogP contribution in [-0.2, 0) is 6.18 Å². The third-order valence-corrected chi connectivity index (χ3v) is 4.09. The summed E-state index contributed by atoms with van der Waals surface area (Å²) in [5.41, 5.74) is 0.517. The minimum Gasteiger partial charge on any atom is -0.466 e. The standard InChI is InChI=1S/C15H16F3N3O3/c1-8-7-11(9(2)23-8)13(22)21-5-3-10(4-6-21)12-19-20-14(24-12)15(16,17)18/h7,10H,3-6H2,1-2H3. The van der Waals surface area contributed by atoms with Crippen molar-refractivity contribution in [2.75, 3.05) is 13.1 Å². The average molecular weight is 343 g/mol. The third kappa shape index (κ3) is 3.15. The van der Waals surface area contributed by atoms with Crippen LogP contribution in [0.3, 0.4) is 0 Å². The number of hydrogen-bond acceptors (Lipinski definition) is 5. The molecule has 0 bridgehead atoms. The van der Waals surface area contributed by atoms with Crippen molar-refractivity contribution in [1.82, 2.24) is 15.1 Å². The molecule has 9 heteroatoms. The van der Waals surface area contributed by atoms with E-state index in [0.29, 0.717) is 43.0 Å². The summed E-state index contributed by atoms with van der Waals surface area (Å²) in [6.07, 6.45) is -3.69. The fraction of sp³-hybridized carbons (Fsp3) is 0.533. The van der Waals surface area contributed by atoms with E-state index in [-0.39, 0.29) is 17.7 Å². The average Bonchev–Trinajstić information content (AvgIpc) is 3.13. The zero-order valence-corrected chi connectivity index (χ0v) is 13.2. The van der Waals surface area contributed by atoms with Crippen LogP contribution in [-0.4, -0.2) is 34.1 Å². The summed E-state index contributed by atoms with van der Waals surface area (Å²) in [5, 5.41) is 6.54. The number of hydrogen-bond donors (Lipinski definition) is 0. The molecule has 0 atom stereocenters. The Balaban J connectivity index is 1.64. The summed E-state index contributed by atoms with van der Waals surface area (Å²) in [7, 11) is 0. The highest BCUT2D eigenvalue weighted by molar-refractivity contribution is 5.95. The molecule has 0 unspecified atom stereocenters. The SMILES string of the molecule is Cc1cc(C(=O)N2CCC(c3nnc(C(F)(F)F)o3)CC2)c(C)o1. The lowest BCUT2D eigenvalue weighted by Crippen LogP contribution is -2.38. The van der Waals surface area contributed by atoms with Crippen molar-refractivity contribution in [3.05, 3.63) is 34.9 Å². The fourth-order valence-corrected chi connectivity index (χ4v) is 2.86. The van der Waals surface area contributed by atoms with Crippen molar-refractivity contribution in [1.29, 1.82) is 0 Å². The Kier molecular flexibility index (Phi) is 4.10. The van der Waals surface area contributed by atoms with E-state index in [1.54, 1.807) is 24.8 Å². The van der Waals surface area contributed by atoms with Gasteiger partial charge in [0.25, 0.3) is 5.91 Å². The molecule has 1 aliphatic heterocycles. The number of nitrogens with zero attached hydrogens (tertiary/aromatic N) is 3. The molecule has 0 radical (unpaired) electrons. The van der Waals surface area contributed by atoms with Gasteiger partial charge in [0.2, 0.25) is 5.89 Å². The Morgan fingerprint density at radius 1 is 1.21 bits per heavy atom. The van der Waals surface area contributed by atoms with Crippen molar-refractivity contribution in [2.45, 2.75) is 38.8 Å². The number of piperidine rings is 1. The van der Waals surface area contributed by atoms with Gasteiger partial charge in [-0.15, -0.1) is 10.2 Å². The summed E-state index contributed by atoms with van der Waals surface area (Å²) in [5.74, 6) is -0.540. The van der Waals surface area contributed by atoms with Crippen LogP contribution in [0.4, 0.5) is 13.2 Å². The maximum Gasteiger partial charge on any atom is 0.470 e. The summed E-state index contributed by atoms with van der Waals surface area (Å²) in [6, 6.07) is 1.69. The van der Waals surface area contributed by atoms with E-state index < -0.39 is 12.1 Å². The second-order valence-corrected chi connectivity index (χ2v) is 5.84. The first-order valence-electron chi connectivity index (χ1n) is 7.52. The number of aromatic nitrogens is 2. The Labute approximate surface area is 135 Å². The minimum atomic E-state index is -4.64. The molecule has 1 amide bonds. The van der Waals surface area contributed by atoms with Gasteiger partial charge in [-0.1, -0.05) is 0 Å². The smallest absolute Gasteiger partial charge is 0.466 e. The topological polar surface area (TPSA) is 72.4 Å². The van der Waals surface area contributed by atoms with Gasteiger partial charge in [-0.05, 0) is 32.8 Å². The van der Waals surface area contributed by atoms with E-state index in [1.807, 2.05) is 0 Å². The molecule has 0 aliphatic carbocycles. The number of halogens is 3. The predicted molar refractivity (Wildman–Crippen MR) is 75.4 cm³/mol. The maximum absolute atomic E-state index is 12.5. The minimum absolute atomic E-state index is 0.0234. The molecule has 0 spiro atoms. The number of alkyl halides is 3. The van der Waals surface area contributed by atoms with Crippen molar-refractivity contribution < 1.29 is 26.8 Å². The van der Waals surface area contributed by atoms with E-state index in [1.165, 1.54) is 0 Å². The molecule has 1 aliphatic rings. The van der Waals surface area contributed by atoms with E-state index in [0.717, 1.165) is 0 Å². The largest absolute Gasteiger partial charge is 0.470 e. The number of carbonyl (C=O) groups is 1. The van der Waals surface area contributed by atoms with Crippen LogP contribution < -0.4 is 0 Å². The van der Waals surface area contributed by atoms with E-state index in [4.69, 9.17) is 8.83 Å². The Morgan fingerprint density at radius 2 is 1.88 bits per heavy atom. The van der Waals surface area contributed by atoms with Crippen LogP contribution in [0.2, 0.25) is 0 Å². The van der Waals surface area contributed by atoms with Crippen LogP contribution in [0.1, 0.15) is 52.4 Å². The summed E-state index contributed by atoms with van der Waals surface area (Å²) < 4.78 is 47.6. The highest BCUT2D eigenvalue weighted by Crippen LogP contribution is 2.33. The lowest BCUT2D eigenvalue weighted by atomic mass is 9.96. The second-order valence-electron chi connectivity index (χ2n) is 5.84. The molecule has 6 nitrogen and oxygen atoms in total. The zero-order chi connectivity index (χ0) is 17.5. The molecule has 0 saturated carbocycles. The van der Waals surface area contributed by atoms with Crippen molar-refractivity contribution in [3.8, 4) is 0 Å². The van der Waals surface area contributed by atoms with E-state index in [9.17, 15) is 18.0 Å². The number of rotatable bonds is 2. The maximum atomic E-state index is 12.5. The van der Waals surface area contributed by atoms with Gasteiger partial charge in [0.15, 0.2) is 0 Å². The zero-order valence-electron chi connectivity index (χ0n) is 13.2. The molecule has 2 aromatic rings. The van der Waals surface area contributed by atoms with Gasteiger partial charge < -0.3 is 13.7 Å². The number of furan rings is 1.